The van der Waals surface area contributed by atoms with Gasteiger partial charge in [0.1, 0.15) is 17.6 Å². The van der Waals surface area contributed by atoms with Gasteiger partial charge in [-0.05, 0) is 73.4 Å². The molecule has 2 atom stereocenters. The fourth-order valence-corrected chi connectivity index (χ4v) is 3.69. The standard InChI is InChI=1S/C24H29NO3/c1-16(25-17(2)26)23-14-21-10-7-19(13-24(21)28-23)4-3-18-8-11-22(12-9-18)27-15-20-5-6-20/h7-13,16,20,23H,3-6,14-15H2,1-2H3,(H,25,26)/t16-,23+/m1/s1. The van der Waals surface area contributed by atoms with Gasteiger partial charge in [0.05, 0.1) is 12.6 Å². The number of fused-ring (bicyclic) bond motifs is 1. The van der Waals surface area contributed by atoms with Crippen LogP contribution in [0.2, 0.25) is 0 Å². The van der Waals surface area contributed by atoms with Gasteiger partial charge in [-0.1, -0.05) is 24.3 Å². The van der Waals surface area contributed by atoms with E-state index in [1.807, 2.05) is 6.92 Å². The topological polar surface area (TPSA) is 47.6 Å². The molecule has 1 N–H and O–H groups in total. The normalized spacial score (nSPS) is 18.9. The van der Waals surface area contributed by atoms with Crippen LogP contribution in [0, 0.1) is 5.92 Å². The molecule has 0 unspecified atom stereocenters. The minimum absolute atomic E-state index is 0.00833. The third kappa shape index (κ3) is 4.86. The Labute approximate surface area is 167 Å². The molecule has 1 fully saturated rings. The Morgan fingerprint density at radius 3 is 2.57 bits per heavy atom. The summed E-state index contributed by atoms with van der Waals surface area (Å²) in [6, 6.07) is 15.0. The van der Waals surface area contributed by atoms with Crippen molar-refractivity contribution in [2.75, 3.05) is 6.61 Å². The highest BCUT2D eigenvalue weighted by Crippen LogP contribution is 2.32. The third-order valence-electron chi connectivity index (χ3n) is 5.63. The van der Waals surface area contributed by atoms with Crippen molar-refractivity contribution in [1.29, 1.82) is 0 Å². The molecule has 0 spiro atoms. The van der Waals surface area contributed by atoms with Crippen LogP contribution in [0.15, 0.2) is 42.5 Å². The number of aryl methyl sites for hydroxylation is 2. The summed E-state index contributed by atoms with van der Waals surface area (Å²) in [5, 5.41) is 2.93. The van der Waals surface area contributed by atoms with Gasteiger partial charge in [-0.15, -0.1) is 0 Å². The van der Waals surface area contributed by atoms with E-state index in [9.17, 15) is 4.79 Å². The van der Waals surface area contributed by atoms with E-state index >= 15 is 0 Å². The molecule has 0 saturated heterocycles. The molecule has 1 heterocycles. The van der Waals surface area contributed by atoms with Gasteiger partial charge in [-0.3, -0.25) is 4.79 Å². The molecule has 4 rings (SSSR count). The Morgan fingerprint density at radius 2 is 1.86 bits per heavy atom. The molecule has 1 aliphatic heterocycles. The molecule has 148 valence electrons. The maximum absolute atomic E-state index is 11.3. The SMILES string of the molecule is CC(=O)N[C@H](C)[C@@H]1Cc2ccc(CCc3ccc(OCC4CC4)cc3)cc2O1. The summed E-state index contributed by atoms with van der Waals surface area (Å²) < 4.78 is 11.9. The smallest absolute Gasteiger partial charge is 0.217 e. The van der Waals surface area contributed by atoms with Crippen LogP contribution in [0.25, 0.3) is 0 Å². The molecule has 28 heavy (non-hydrogen) atoms. The summed E-state index contributed by atoms with van der Waals surface area (Å²) in [6.07, 6.45) is 5.46. The van der Waals surface area contributed by atoms with E-state index in [4.69, 9.17) is 9.47 Å². The van der Waals surface area contributed by atoms with Crippen LogP contribution in [0.1, 0.15) is 43.4 Å². The lowest BCUT2D eigenvalue weighted by molar-refractivity contribution is -0.120. The number of carbonyl (C=O) groups is 1. The second-order valence-electron chi connectivity index (χ2n) is 8.19. The number of carbonyl (C=O) groups excluding carboxylic acids is 1. The molecule has 0 bridgehead atoms. The summed E-state index contributed by atoms with van der Waals surface area (Å²) >= 11 is 0. The van der Waals surface area contributed by atoms with Crippen molar-refractivity contribution < 1.29 is 14.3 Å². The molecular weight excluding hydrogens is 350 g/mol. The molecule has 4 nitrogen and oxygen atoms in total. The predicted octanol–water partition coefficient (Wildman–Crippen LogP) is 4.09. The molecule has 1 aliphatic carbocycles. The summed E-state index contributed by atoms with van der Waals surface area (Å²) in [6.45, 7) is 4.40. The summed E-state index contributed by atoms with van der Waals surface area (Å²) in [7, 11) is 0. The molecule has 4 heteroatoms. The fraction of sp³-hybridized carbons (Fsp3) is 0.458. The third-order valence-corrected chi connectivity index (χ3v) is 5.63. The van der Waals surface area contributed by atoms with E-state index in [1.165, 1.54) is 29.5 Å². The average Bonchev–Trinajstić information content (AvgIpc) is 3.41. The summed E-state index contributed by atoms with van der Waals surface area (Å²) in [4.78, 5) is 11.3. The van der Waals surface area contributed by atoms with Crippen molar-refractivity contribution >= 4 is 5.91 Å². The first-order valence-corrected chi connectivity index (χ1v) is 10.3. The molecule has 2 aromatic rings. The van der Waals surface area contributed by atoms with Crippen LogP contribution in [-0.2, 0) is 24.1 Å². The van der Waals surface area contributed by atoms with Crippen LogP contribution < -0.4 is 14.8 Å². The quantitative estimate of drug-likeness (QED) is 0.752. The van der Waals surface area contributed by atoms with Gasteiger partial charge < -0.3 is 14.8 Å². The molecule has 1 amide bonds. The van der Waals surface area contributed by atoms with Crippen molar-refractivity contribution in [3.05, 3.63) is 59.2 Å². The lowest BCUT2D eigenvalue weighted by atomic mass is 10.0. The van der Waals surface area contributed by atoms with E-state index in [1.54, 1.807) is 6.92 Å². The van der Waals surface area contributed by atoms with Gasteiger partial charge >= 0.3 is 0 Å². The number of rotatable bonds is 8. The number of ether oxygens (including phenoxy) is 2. The van der Waals surface area contributed by atoms with Crippen molar-refractivity contribution in [2.24, 2.45) is 5.92 Å². The lowest BCUT2D eigenvalue weighted by Gasteiger charge is -2.19. The highest BCUT2D eigenvalue weighted by atomic mass is 16.5. The second-order valence-corrected chi connectivity index (χ2v) is 8.19. The Bertz CT molecular complexity index is 826. The van der Waals surface area contributed by atoms with Crippen LogP contribution in [0.3, 0.4) is 0 Å². The predicted molar refractivity (Wildman–Crippen MR) is 110 cm³/mol. The minimum Gasteiger partial charge on any atom is -0.493 e. The number of amides is 1. The molecule has 1 saturated carbocycles. The van der Waals surface area contributed by atoms with Gasteiger partial charge in [-0.25, -0.2) is 0 Å². The van der Waals surface area contributed by atoms with Gasteiger partial charge in [0, 0.05) is 13.3 Å². The first-order chi connectivity index (χ1) is 13.6. The minimum atomic E-state index is -0.0169. The van der Waals surface area contributed by atoms with Crippen molar-refractivity contribution in [3.8, 4) is 11.5 Å². The van der Waals surface area contributed by atoms with Crippen molar-refractivity contribution in [3.63, 3.8) is 0 Å². The summed E-state index contributed by atoms with van der Waals surface area (Å²) in [5.41, 5.74) is 3.82. The first-order valence-electron chi connectivity index (χ1n) is 10.3. The zero-order valence-corrected chi connectivity index (χ0v) is 16.7. The fourth-order valence-electron chi connectivity index (χ4n) is 3.69. The van der Waals surface area contributed by atoms with E-state index in [0.717, 1.165) is 43.3 Å². The lowest BCUT2D eigenvalue weighted by Crippen LogP contribution is -2.42. The van der Waals surface area contributed by atoms with Gasteiger partial charge in [0.15, 0.2) is 0 Å². The maximum atomic E-state index is 11.3. The number of benzene rings is 2. The average molecular weight is 380 g/mol. The van der Waals surface area contributed by atoms with E-state index in [2.05, 4.69) is 47.8 Å². The zero-order valence-electron chi connectivity index (χ0n) is 16.7. The number of hydrogen-bond donors (Lipinski definition) is 1. The maximum Gasteiger partial charge on any atom is 0.217 e. The highest BCUT2D eigenvalue weighted by Gasteiger charge is 2.28. The zero-order chi connectivity index (χ0) is 19.5. The van der Waals surface area contributed by atoms with Crippen LogP contribution >= 0.6 is 0 Å². The number of nitrogens with one attached hydrogen (secondary N) is 1. The van der Waals surface area contributed by atoms with Crippen molar-refractivity contribution in [2.45, 2.75) is 58.1 Å². The van der Waals surface area contributed by atoms with Crippen LogP contribution in [0.4, 0.5) is 0 Å². The Kier molecular flexibility index (Phi) is 5.56. The Hall–Kier alpha value is -2.49. The van der Waals surface area contributed by atoms with Gasteiger partial charge in [0.25, 0.3) is 0 Å². The van der Waals surface area contributed by atoms with E-state index in [-0.39, 0.29) is 18.1 Å². The Balaban J connectivity index is 1.30. The van der Waals surface area contributed by atoms with E-state index in [0.29, 0.717) is 0 Å². The highest BCUT2D eigenvalue weighted by molar-refractivity contribution is 5.73. The van der Waals surface area contributed by atoms with Crippen LogP contribution in [-0.4, -0.2) is 24.7 Å². The molecule has 0 aromatic heterocycles. The monoisotopic (exact) mass is 379 g/mol. The van der Waals surface area contributed by atoms with Crippen LogP contribution in [0.5, 0.6) is 11.5 Å². The first kappa shape index (κ1) is 18.9. The van der Waals surface area contributed by atoms with Gasteiger partial charge in [-0.2, -0.15) is 0 Å². The molecular formula is C24H29NO3. The van der Waals surface area contributed by atoms with Gasteiger partial charge in [0.2, 0.25) is 5.91 Å². The van der Waals surface area contributed by atoms with E-state index < -0.39 is 0 Å². The largest absolute Gasteiger partial charge is 0.493 e. The molecule has 2 aliphatic rings. The Morgan fingerprint density at radius 1 is 1.14 bits per heavy atom. The second kappa shape index (κ2) is 8.26. The summed E-state index contributed by atoms with van der Waals surface area (Å²) in [5.74, 6) is 2.70. The molecule has 2 aromatic carbocycles. The van der Waals surface area contributed by atoms with Crippen molar-refractivity contribution in [1.82, 2.24) is 5.32 Å². The number of hydrogen-bond acceptors (Lipinski definition) is 3. The molecule has 0 radical (unpaired) electrons.